The molecule has 0 saturated heterocycles. The highest BCUT2D eigenvalue weighted by Crippen LogP contribution is 2.12. The molecule has 21 heavy (non-hydrogen) atoms. The zero-order valence-electron chi connectivity index (χ0n) is 11.9. The lowest BCUT2D eigenvalue weighted by molar-refractivity contribution is 0.149. The van der Waals surface area contributed by atoms with E-state index in [1.54, 1.807) is 19.2 Å². The van der Waals surface area contributed by atoms with E-state index in [1.807, 2.05) is 6.07 Å². The number of ether oxygens (including phenoxy) is 1. The molecule has 0 saturated carbocycles. The fourth-order valence-electron chi connectivity index (χ4n) is 1.88. The topological polar surface area (TPSA) is 99.4 Å². The molecule has 0 aliphatic carbocycles. The Hall–Kier alpha value is -1.46. The summed E-state index contributed by atoms with van der Waals surface area (Å²) in [5, 5.41) is 20.8. The minimum Gasteiger partial charge on any atom is -0.396 e. The van der Waals surface area contributed by atoms with Gasteiger partial charge in [0.1, 0.15) is 0 Å². The standard InChI is InChI=1S/C14H20N2O4S/c1-20-11-13(5-7-17)16-6-8-21(18,19)14-4-2-3-12(9-14)10-15/h2-4,9,13,16-17H,5-8,11H2,1H3. The van der Waals surface area contributed by atoms with Crippen molar-refractivity contribution in [3.63, 3.8) is 0 Å². The van der Waals surface area contributed by atoms with Gasteiger partial charge >= 0.3 is 0 Å². The van der Waals surface area contributed by atoms with Gasteiger partial charge in [-0.2, -0.15) is 5.26 Å². The van der Waals surface area contributed by atoms with E-state index in [1.165, 1.54) is 12.1 Å². The Morgan fingerprint density at radius 2 is 2.24 bits per heavy atom. The average molecular weight is 312 g/mol. The van der Waals surface area contributed by atoms with Gasteiger partial charge in [-0.25, -0.2) is 8.42 Å². The van der Waals surface area contributed by atoms with Gasteiger partial charge in [0.15, 0.2) is 9.84 Å². The first-order valence-electron chi connectivity index (χ1n) is 6.59. The van der Waals surface area contributed by atoms with E-state index < -0.39 is 9.84 Å². The second-order valence-corrected chi connectivity index (χ2v) is 6.69. The summed E-state index contributed by atoms with van der Waals surface area (Å²) in [7, 11) is -1.88. The third-order valence-electron chi connectivity index (χ3n) is 2.97. The van der Waals surface area contributed by atoms with Crippen LogP contribution in [0.15, 0.2) is 29.2 Å². The van der Waals surface area contributed by atoms with Crippen LogP contribution in [-0.4, -0.2) is 52.2 Å². The van der Waals surface area contributed by atoms with Gasteiger partial charge in [0.05, 0.1) is 28.9 Å². The van der Waals surface area contributed by atoms with Crippen molar-refractivity contribution >= 4 is 9.84 Å². The molecule has 2 N–H and O–H groups in total. The highest BCUT2D eigenvalue weighted by Gasteiger charge is 2.16. The van der Waals surface area contributed by atoms with E-state index in [2.05, 4.69) is 5.32 Å². The Labute approximate surface area is 125 Å². The molecule has 0 aromatic heterocycles. The third-order valence-corrected chi connectivity index (χ3v) is 4.69. The molecule has 1 aromatic carbocycles. The van der Waals surface area contributed by atoms with Crippen LogP contribution >= 0.6 is 0 Å². The highest BCUT2D eigenvalue weighted by molar-refractivity contribution is 7.91. The van der Waals surface area contributed by atoms with E-state index in [-0.39, 0.29) is 29.8 Å². The number of hydrogen-bond donors (Lipinski definition) is 2. The van der Waals surface area contributed by atoms with E-state index in [9.17, 15) is 8.42 Å². The van der Waals surface area contributed by atoms with Gasteiger partial charge in [0.2, 0.25) is 0 Å². The van der Waals surface area contributed by atoms with Crippen LogP contribution in [0, 0.1) is 11.3 Å². The number of sulfone groups is 1. The molecule has 1 unspecified atom stereocenters. The first-order valence-corrected chi connectivity index (χ1v) is 8.25. The molecular formula is C14H20N2O4S. The minimum atomic E-state index is -3.44. The lowest BCUT2D eigenvalue weighted by Crippen LogP contribution is -2.37. The molecular weight excluding hydrogens is 292 g/mol. The Kier molecular flexibility index (Phi) is 7.32. The normalized spacial score (nSPS) is 12.8. The summed E-state index contributed by atoms with van der Waals surface area (Å²) >= 11 is 0. The molecule has 6 nitrogen and oxygen atoms in total. The van der Waals surface area contributed by atoms with Gasteiger partial charge in [-0.15, -0.1) is 0 Å². The molecule has 116 valence electrons. The van der Waals surface area contributed by atoms with Gasteiger partial charge in [-0.1, -0.05) is 6.07 Å². The lowest BCUT2D eigenvalue weighted by Gasteiger charge is -2.16. The number of nitrogens with one attached hydrogen (secondary N) is 1. The van der Waals surface area contributed by atoms with Crippen LogP contribution in [0.25, 0.3) is 0 Å². The zero-order valence-corrected chi connectivity index (χ0v) is 12.8. The number of nitriles is 1. The van der Waals surface area contributed by atoms with Crippen molar-refractivity contribution in [1.29, 1.82) is 5.26 Å². The molecule has 0 spiro atoms. The molecule has 0 amide bonds. The Bertz CT molecular complexity index is 575. The molecule has 7 heteroatoms. The molecule has 0 aliphatic heterocycles. The molecule has 0 aliphatic rings. The first kappa shape index (κ1) is 17.6. The second kappa shape index (κ2) is 8.74. The molecule has 0 fully saturated rings. The quantitative estimate of drug-likeness (QED) is 0.681. The number of hydrogen-bond acceptors (Lipinski definition) is 6. The molecule has 0 bridgehead atoms. The Balaban J connectivity index is 2.62. The van der Waals surface area contributed by atoms with Crippen molar-refractivity contribution in [3.8, 4) is 6.07 Å². The Morgan fingerprint density at radius 1 is 1.48 bits per heavy atom. The summed E-state index contributed by atoms with van der Waals surface area (Å²) in [6, 6.07) is 7.81. The maximum atomic E-state index is 12.2. The summed E-state index contributed by atoms with van der Waals surface area (Å²) < 4.78 is 29.3. The van der Waals surface area contributed by atoms with Crippen LogP contribution in [0.3, 0.4) is 0 Å². The van der Waals surface area contributed by atoms with Crippen molar-refractivity contribution < 1.29 is 18.3 Å². The van der Waals surface area contributed by atoms with Crippen molar-refractivity contribution in [1.82, 2.24) is 5.32 Å². The molecule has 0 heterocycles. The summed E-state index contributed by atoms with van der Waals surface area (Å²) in [6.45, 7) is 0.676. The molecule has 1 rings (SSSR count). The van der Waals surface area contributed by atoms with E-state index in [4.69, 9.17) is 15.1 Å². The number of methoxy groups -OCH3 is 1. The average Bonchev–Trinajstić information content (AvgIpc) is 2.47. The number of benzene rings is 1. The van der Waals surface area contributed by atoms with Gasteiger partial charge < -0.3 is 15.2 Å². The smallest absolute Gasteiger partial charge is 0.179 e. The van der Waals surface area contributed by atoms with Crippen molar-refractivity contribution in [2.45, 2.75) is 17.4 Å². The van der Waals surface area contributed by atoms with Gasteiger partial charge in [0.25, 0.3) is 0 Å². The number of nitrogens with zero attached hydrogens (tertiary/aromatic N) is 1. The Morgan fingerprint density at radius 3 is 2.86 bits per heavy atom. The SMILES string of the molecule is COCC(CCO)NCCS(=O)(=O)c1cccc(C#N)c1. The van der Waals surface area contributed by atoms with E-state index >= 15 is 0 Å². The third kappa shape index (κ3) is 5.81. The largest absolute Gasteiger partial charge is 0.396 e. The molecule has 0 radical (unpaired) electrons. The summed E-state index contributed by atoms with van der Waals surface area (Å²) in [4.78, 5) is 0.147. The van der Waals surface area contributed by atoms with E-state index in [0.717, 1.165) is 0 Å². The summed E-state index contributed by atoms with van der Waals surface area (Å²) in [6.07, 6.45) is 0.498. The molecule has 1 aromatic rings. The van der Waals surface area contributed by atoms with Gasteiger partial charge in [-0.3, -0.25) is 0 Å². The van der Waals surface area contributed by atoms with Crippen molar-refractivity contribution in [3.05, 3.63) is 29.8 Å². The van der Waals surface area contributed by atoms with Crippen LogP contribution in [0.4, 0.5) is 0 Å². The van der Waals surface area contributed by atoms with Crippen LogP contribution in [-0.2, 0) is 14.6 Å². The number of aliphatic hydroxyl groups excluding tert-OH is 1. The van der Waals surface area contributed by atoms with E-state index in [0.29, 0.717) is 18.6 Å². The number of aliphatic hydroxyl groups is 1. The van der Waals surface area contributed by atoms with Gasteiger partial charge in [0, 0.05) is 26.3 Å². The van der Waals surface area contributed by atoms with Crippen LogP contribution in [0.1, 0.15) is 12.0 Å². The minimum absolute atomic E-state index is 0.0119. The summed E-state index contributed by atoms with van der Waals surface area (Å²) in [5.74, 6) is -0.0759. The predicted octanol–water partition coefficient (Wildman–Crippen LogP) is 0.319. The van der Waals surface area contributed by atoms with Crippen molar-refractivity contribution in [2.24, 2.45) is 0 Å². The lowest BCUT2D eigenvalue weighted by atomic mass is 10.2. The fourth-order valence-corrected chi connectivity index (χ4v) is 3.09. The highest BCUT2D eigenvalue weighted by atomic mass is 32.2. The number of rotatable bonds is 9. The second-order valence-electron chi connectivity index (χ2n) is 4.58. The molecule has 1 atom stereocenters. The predicted molar refractivity (Wildman–Crippen MR) is 78.6 cm³/mol. The van der Waals surface area contributed by atoms with Gasteiger partial charge in [-0.05, 0) is 24.6 Å². The van der Waals surface area contributed by atoms with Crippen LogP contribution in [0.2, 0.25) is 0 Å². The monoisotopic (exact) mass is 312 g/mol. The van der Waals surface area contributed by atoms with Crippen LogP contribution < -0.4 is 5.32 Å². The maximum absolute atomic E-state index is 12.2. The maximum Gasteiger partial charge on any atom is 0.179 e. The summed E-state index contributed by atoms with van der Waals surface area (Å²) in [5.41, 5.74) is 0.321. The first-order chi connectivity index (χ1) is 10.0. The zero-order chi connectivity index (χ0) is 15.7. The fraction of sp³-hybridized carbons (Fsp3) is 0.500. The van der Waals surface area contributed by atoms with Crippen molar-refractivity contribution in [2.75, 3.05) is 32.6 Å². The van der Waals surface area contributed by atoms with Crippen LogP contribution in [0.5, 0.6) is 0 Å².